The molecule has 0 amide bonds. The highest BCUT2D eigenvalue weighted by atomic mass is 16.5. The fourth-order valence-corrected chi connectivity index (χ4v) is 9.77. The molecule has 0 radical (unpaired) electrons. The lowest BCUT2D eigenvalue weighted by Gasteiger charge is -2.45. The quantitative estimate of drug-likeness (QED) is 0.0950. The van der Waals surface area contributed by atoms with E-state index in [9.17, 15) is 0 Å². The average molecular weight is 715 g/mol. The Labute approximate surface area is 321 Å². The Morgan fingerprint density at radius 3 is 1.36 bits per heavy atom. The van der Waals surface area contributed by atoms with E-state index >= 15 is 0 Å². The first-order valence-corrected chi connectivity index (χ1v) is 21.0. The minimum atomic E-state index is -0.0602. The van der Waals surface area contributed by atoms with E-state index in [1.165, 1.54) is 136 Å². The molecule has 0 aromatic heterocycles. The molecule has 4 N–H and O–H groups in total. The van der Waals surface area contributed by atoms with Gasteiger partial charge in [0.2, 0.25) is 0 Å². The third-order valence-electron chi connectivity index (χ3n) is 12.9. The van der Waals surface area contributed by atoms with Crippen LogP contribution in [-0.4, -0.2) is 0 Å². The first kappa shape index (κ1) is 38.8. The van der Waals surface area contributed by atoms with Gasteiger partial charge in [0.25, 0.3) is 0 Å². The van der Waals surface area contributed by atoms with Crippen molar-refractivity contribution in [3.8, 4) is 23.0 Å². The van der Waals surface area contributed by atoms with Crippen molar-refractivity contribution >= 4 is 11.4 Å². The van der Waals surface area contributed by atoms with Crippen molar-refractivity contribution in [2.45, 2.75) is 143 Å². The van der Waals surface area contributed by atoms with Crippen LogP contribution >= 0.6 is 0 Å². The monoisotopic (exact) mass is 715 g/mol. The molecule has 0 spiro atoms. The van der Waals surface area contributed by atoms with E-state index in [0.717, 1.165) is 52.1 Å². The molecule has 0 atom stereocenters. The second kappa shape index (κ2) is 17.9. The number of hydrogen-bond acceptors (Lipinski definition) is 4. The van der Waals surface area contributed by atoms with E-state index in [0.29, 0.717) is 0 Å². The molecule has 2 aliphatic rings. The van der Waals surface area contributed by atoms with Gasteiger partial charge < -0.3 is 20.9 Å². The molecule has 0 bridgehead atoms. The van der Waals surface area contributed by atoms with Crippen LogP contribution < -0.4 is 20.9 Å². The lowest BCUT2D eigenvalue weighted by molar-refractivity contribution is 0.140. The van der Waals surface area contributed by atoms with Crippen molar-refractivity contribution in [2.75, 3.05) is 11.5 Å². The fourth-order valence-electron chi connectivity index (χ4n) is 9.77. The van der Waals surface area contributed by atoms with E-state index in [4.69, 9.17) is 20.9 Å². The molecule has 4 heteroatoms. The largest absolute Gasteiger partial charge is 0.457 e. The van der Waals surface area contributed by atoms with Crippen molar-refractivity contribution in [2.24, 2.45) is 17.8 Å². The number of anilines is 2. The van der Waals surface area contributed by atoms with Crippen molar-refractivity contribution < 1.29 is 9.47 Å². The second-order valence-electron chi connectivity index (χ2n) is 16.8. The molecule has 2 fully saturated rings. The number of ether oxygens (including phenoxy) is 2. The van der Waals surface area contributed by atoms with E-state index < -0.39 is 0 Å². The number of nitrogen functional groups attached to an aromatic ring is 2. The summed E-state index contributed by atoms with van der Waals surface area (Å²) in [6, 6.07) is 25.1. The van der Waals surface area contributed by atoms with Gasteiger partial charge >= 0.3 is 0 Å². The minimum absolute atomic E-state index is 0.0602. The zero-order valence-corrected chi connectivity index (χ0v) is 33.4. The van der Waals surface area contributed by atoms with Crippen LogP contribution in [0.4, 0.5) is 11.4 Å². The molecule has 6 rings (SSSR count). The highest BCUT2D eigenvalue weighted by molar-refractivity contribution is 5.55. The standard InChI is InChI=1S/C49H66N2O2/c1-6-7-8-9-10-11-12-13-38-14-16-39(17-15-38)40-26-28-49(29-27-40,41-30-34(2)47(35(3)31-41)52-45-22-18-43(50)19-23-45)42-32-36(4)48(37(5)33-42)53-46-24-20-44(51)21-25-46/h18-25,30-33,38-40H,6-17,26-29,50-51H2,1-5H3/t38-,39-. The molecule has 53 heavy (non-hydrogen) atoms. The summed E-state index contributed by atoms with van der Waals surface area (Å²) in [5, 5.41) is 0. The smallest absolute Gasteiger partial charge is 0.133 e. The second-order valence-corrected chi connectivity index (χ2v) is 16.8. The first-order valence-electron chi connectivity index (χ1n) is 21.0. The molecule has 0 saturated heterocycles. The van der Waals surface area contributed by atoms with Crippen molar-refractivity contribution in [1.29, 1.82) is 0 Å². The number of aryl methyl sites for hydroxylation is 4. The van der Waals surface area contributed by atoms with Crippen LogP contribution in [0.2, 0.25) is 0 Å². The molecule has 4 nitrogen and oxygen atoms in total. The minimum Gasteiger partial charge on any atom is -0.457 e. The number of unbranched alkanes of at least 4 members (excludes halogenated alkanes) is 6. The Bertz CT molecular complexity index is 1610. The Balaban J connectivity index is 1.20. The van der Waals surface area contributed by atoms with Crippen LogP contribution in [0.25, 0.3) is 0 Å². The Morgan fingerprint density at radius 2 is 0.925 bits per heavy atom. The van der Waals surface area contributed by atoms with E-state index in [1.807, 2.05) is 48.5 Å². The molecular formula is C49H66N2O2. The molecule has 284 valence electrons. The summed E-state index contributed by atoms with van der Waals surface area (Å²) in [7, 11) is 0. The molecule has 2 aliphatic carbocycles. The van der Waals surface area contributed by atoms with E-state index in [-0.39, 0.29) is 5.41 Å². The van der Waals surface area contributed by atoms with Crippen molar-refractivity contribution in [1.82, 2.24) is 0 Å². The van der Waals surface area contributed by atoms with Crippen LogP contribution in [0.1, 0.15) is 143 Å². The van der Waals surface area contributed by atoms with Gasteiger partial charge in [-0.25, -0.2) is 0 Å². The van der Waals surface area contributed by atoms with Crippen LogP contribution in [0.3, 0.4) is 0 Å². The molecule has 0 heterocycles. The number of nitrogens with two attached hydrogens (primary N) is 2. The zero-order chi connectivity index (χ0) is 37.4. The summed E-state index contributed by atoms with van der Waals surface area (Å²) < 4.78 is 12.9. The van der Waals surface area contributed by atoms with Gasteiger partial charge in [0, 0.05) is 16.8 Å². The summed E-state index contributed by atoms with van der Waals surface area (Å²) in [5.41, 5.74) is 20.9. The highest BCUT2D eigenvalue weighted by Gasteiger charge is 2.42. The van der Waals surface area contributed by atoms with Gasteiger partial charge in [0.15, 0.2) is 0 Å². The van der Waals surface area contributed by atoms with Gasteiger partial charge in [-0.1, -0.05) is 95.4 Å². The van der Waals surface area contributed by atoms with E-state index in [2.05, 4.69) is 58.9 Å². The molecule has 4 aromatic carbocycles. The summed E-state index contributed by atoms with van der Waals surface area (Å²) >= 11 is 0. The summed E-state index contributed by atoms with van der Waals surface area (Å²) in [6.45, 7) is 11.1. The van der Waals surface area contributed by atoms with Gasteiger partial charge in [0.05, 0.1) is 0 Å². The van der Waals surface area contributed by atoms with Gasteiger partial charge in [-0.3, -0.25) is 0 Å². The zero-order valence-electron chi connectivity index (χ0n) is 33.4. The molecule has 0 aliphatic heterocycles. The van der Waals surface area contributed by atoms with E-state index in [1.54, 1.807) is 0 Å². The summed E-state index contributed by atoms with van der Waals surface area (Å²) in [6.07, 6.45) is 22.1. The third-order valence-corrected chi connectivity index (χ3v) is 12.9. The summed E-state index contributed by atoms with van der Waals surface area (Å²) in [4.78, 5) is 0. The maximum absolute atomic E-state index is 6.47. The van der Waals surface area contributed by atoms with Gasteiger partial charge in [0.1, 0.15) is 23.0 Å². The highest BCUT2D eigenvalue weighted by Crippen LogP contribution is 2.52. The van der Waals surface area contributed by atoms with Crippen LogP contribution in [-0.2, 0) is 5.41 Å². The normalized spacial score (nSPS) is 18.9. The van der Waals surface area contributed by atoms with Crippen LogP contribution in [0.15, 0.2) is 72.8 Å². The van der Waals surface area contributed by atoms with Gasteiger partial charge in [-0.05, 0) is 166 Å². The lowest BCUT2D eigenvalue weighted by Crippen LogP contribution is -2.36. The summed E-state index contributed by atoms with van der Waals surface area (Å²) in [5.74, 6) is 6.18. The molecule has 2 saturated carbocycles. The first-order chi connectivity index (χ1) is 25.6. The van der Waals surface area contributed by atoms with Crippen LogP contribution in [0, 0.1) is 45.4 Å². The van der Waals surface area contributed by atoms with Crippen LogP contribution in [0.5, 0.6) is 23.0 Å². The van der Waals surface area contributed by atoms with Crippen molar-refractivity contribution in [3.63, 3.8) is 0 Å². The number of rotatable bonds is 15. The maximum Gasteiger partial charge on any atom is 0.133 e. The van der Waals surface area contributed by atoms with Gasteiger partial charge in [-0.15, -0.1) is 0 Å². The maximum atomic E-state index is 6.47. The SMILES string of the molecule is CCCCCCCCC[C@H]1CC[C@H](C2CCC(c3cc(C)c(Oc4ccc(N)cc4)c(C)c3)(c3cc(C)c(Oc4ccc(N)cc4)c(C)c3)CC2)CC1. The molecule has 4 aromatic rings. The average Bonchev–Trinajstić information content (AvgIpc) is 3.16. The lowest BCUT2D eigenvalue weighted by atomic mass is 9.59. The number of hydrogen-bond donors (Lipinski definition) is 2. The third kappa shape index (κ3) is 9.61. The molecular weight excluding hydrogens is 649 g/mol. The van der Waals surface area contributed by atoms with Crippen molar-refractivity contribution in [3.05, 3.63) is 106 Å². The topological polar surface area (TPSA) is 70.5 Å². The predicted octanol–water partition coefficient (Wildman–Crippen LogP) is 14.1. The number of benzene rings is 4. The Morgan fingerprint density at radius 1 is 0.528 bits per heavy atom. The Hall–Kier alpha value is -3.92. The Kier molecular flexibility index (Phi) is 13.1. The fraction of sp³-hybridized carbons (Fsp3) is 0.510. The van der Waals surface area contributed by atoms with Gasteiger partial charge in [-0.2, -0.15) is 0 Å². The predicted molar refractivity (Wildman–Crippen MR) is 224 cm³/mol. The molecule has 0 unspecified atom stereocenters.